The smallest absolute Gasteiger partial charge is 0.310 e. The minimum atomic E-state index is -3.68. The van der Waals surface area contributed by atoms with E-state index in [0.29, 0.717) is 13.0 Å². The predicted octanol–water partition coefficient (Wildman–Crippen LogP) is 1.98. The summed E-state index contributed by atoms with van der Waals surface area (Å²) in [5, 5.41) is 14.4. The molecule has 0 aromatic heterocycles. The van der Waals surface area contributed by atoms with Crippen LogP contribution in [0.3, 0.4) is 0 Å². The van der Waals surface area contributed by atoms with E-state index in [-0.39, 0.29) is 16.7 Å². The van der Waals surface area contributed by atoms with Gasteiger partial charge >= 0.3 is 5.69 Å². The van der Waals surface area contributed by atoms with Crippen molar-refractivity contribution in [2.45, 2.75) is 36.8 Å². The van der Waals surface area contributed by atoms with Crippen molar-refractivity contribution in [3.63, 3.8) is 0 Å². The first-order valence-electron chi connectivity index (χ1n) is 6.52. The molecule has 0 saturated carbocycles. The Balaban J connectivity index is 2.52. The van der Waals surface area contributed by atoms with Gasteiger partial charge in [0.2, 0.25) is 0 Å². The van der Waals surface area contributed by atoms with Gasteiger partial charge in [-0.2, -0.15) is 0 Å². The summed E-state index contributed by atoms with van der Waals surface area (Å²) < 4.78 is 29.0. The molecule has 1 aliphatic rings. The van der Waals surface area contributed by atoms with E-state index in [2.05, 4.69) is 5.32 Å². The highest BCUT2D eigenvalue weighted by Gasteiger charge is 2.39. The summed E-state index contributed by atoms with van der Waals surface area (Å²) in [6, 6.07) is 4.26. The second-order valence-electron chi connectivity index (χ2n) is 5.49. The molecule has 0 bridgehead atoms. The molecule has 7 nitrogen and oxygen atoms in total. The maximum absolute atomic E-state index is 11.7. The SMILES string of the molecule is CC1OCCC1(C)Nc1cccc(S(C)(=O)=O)c1[N+](=O)[O-]. The number of hydrogen-bond acceptors (Lipinski definition) is 6. The molecular formula is C13H18N2O5S. The fourth-order valence-corrected chi connectivity index (χ4v) is 3.28. The van der Waals surface area contributed by atoms with Gasteiger partial charge in [0.25, 0.3) is 0 Å². The second-order valence-corrected chi connectivity index (χ2v) is 7.47. The van der Waals surface area contributed by atoms with E-state index in [9.17, 15) is 18.5 Å². The molecule has 21 heavy (non-hydrogen) atoms. The molecule has 8 heteroatoms. The van der Waals surface area contributed by atoms with E-state index in [1.54, 1.807) is 0 Å². The topological polar surface area (TPSA) is 98.5 Å². The van der Waals surface area contributed by atoms with Crippen LogP contribution in [0.2, 0.25) is 0 Å². The molecule has 1 aliphatic heterocycles. The molecule has 2 unspecified atom stereocenters. The highest BCUT2D eigenvalue weighted by Crippen LogP contribution is 2.37. The zero-order valence-electron chi connectivity index (χ0n) is 12.1. The zero-order valence-corrected chi connectivity index (χ0v) is 12.9. The first-order chi connectivity index (χ1) is 9.65. The van der Waals surface area contributed by atoms with E-state index in [0.717, 1.165) is 6.26 Å². The average molecular weight is 314 g/mol. The fraction of sp³-hybridized carbons (Fsp3) is 0.538. The van der Waals surface area contributed by atoms with Crippen molar-refractivity contribution in [3.8, 4) is 0 Å². The largest absolute Gasteiger partial charge is 0.376 e. The van der Waals surface area contributed by atoms with Gasteiger partial charge < -0.3 is 10.1 Å². The van der Waals surface area contributed by atoms with Crippen LogP contribution in [0.5, 0.6) is 0 Å². The number of sulfone groups is 1. The number of rotatable bonds is 4. The van der Waals surface area contributed by atoms with E-state index < -0.39 is 26.0 Å². The van der Waals surface area contributed by atoms with Crippen LogP contribution in [0.4, 0.5) is 11.4 Å². The van der Waals surface area contributed by atoms with E-state index in [4.69, 9.17) is 4.74 Å². The van der Waals surface area contributed by atoms with Crippen LogP contribution in [-0.2, 0) is 14.6 Å². The Bertz CT molecular complexity index is 673. The number of nitro benzene ring substituents is 1. The van der Waals surface area contributed by atoms with Gasteiger partial charge in [-0.1, -0.05) is 6.07 Å². The molecule has 0 amide bonds. The summed E-state index contributed by atoms with van der Waals surface area (Å²) >= 11 is 0. The molecule has 1 N–H and O–H groups in total. The minimum Gasteiger partial charge on any atom is -0.376 e. The number of benzene rings is 1. The Kier molecular flexibility index (Phi) is 3.94. The van der Waals surface area contributed by atoms with Gasteiger partial charge in [-0.25, -0.2) is 8.42 Å². The van der Waals surface area contributed by atoms with Gasteiger partial charge in [0.05, 0.1) is 16.6 Å². The molecule has 1 saturated heterocycles. The van der Waals surface area contributed by atoms with Crippen LogP contribution in [-0.4, -0.2) is 37.8 Å². The Morgan fingerprint density at radius 1 is 1.48 bits per heavy atom. The monoisotopic (exact) mass is 314 g/mol. The van der Waals surface area contributed by atoms with Gasteiger partial charge in [-0.05, 0) is 32.4 Å². The van der Waals surface area contributed by atoms with Crippen molar-refractivity contribution in [3.05, 3.63) is 28.3 Å². The summed E-state index contributed by atoms with van der Waals surface area (Å²) in [6.07, 6.45) is 1.52. The molecule has 1 aromatic carbocycles. The zero-order chi connectivity index (χ0) is 15.8. The maximum Gasteiger partial charge on any atom is 0.310 e. The highest BCUT2D eigenvalue weighted by atomic mass is 32.2. The lowest BCUT2D eigenvalue weighted by molar-refractivity contribution is -0.386. The van der Waals surface area contributed by atoms with Crippen molar-refractivity contribution in [1.29, 1.82) is 0 Å². The van der Waals surface area contributed by atoms with Gasteiger partial charge in [0, 0.05) is 12.9 Å². The van der Waals surface area contributed by atoms with Gasteiger partial charge in [0.1, 0.15) is 10.6 Å². The maximum atomic E-state index is 11.7. The molecule has 1 fully saturated rings. The third-order valence-electron chi connectivity index (χ3n) is 3.89. The molecule has 2 atom stereocenters. The molecule has 1 heterocycles. The summed E-state index contributed by atoms with van der Waals surface area (Å²) in [7, 11) is -3.68. The molecule has 2 rings (SSSR count). The van der Waals surface area contributed by atoms with Crippen LogP contribution in [0, 0.1) is 10.1 Å². The lowest BCUT2D eigenvalue weighted by Gasteiger charge is -2.30. The van der Waals surface area contributed by atoms with Crippen LogP contribution in [0.25, 0.3) is 0 Å². The van der Waals surface area contributed by atoms with E-state index in [1.807, 2.05) is 13.8 Å². The Hall–Kier alpha value is -1.67. The van der Waals surface area contributed by atoms with Gasteiger partial charge in [-0.3, -0.25) is 10.1 Å². The molecule has 0 spiro atoms. The van der Waals surface area contributed by atoms with Crippen molar-refractivity contribution in [2.24, 2.45) is 0 Å². The minimum absolute atomic E-state index is 0.126. The summed E-state index contributed by atoms with van der Waals surface area (Å²) in [5.41, 5.74) is -0.691. The van der Waals surface area contributed by atoms with Gasteiger partial charge in [0.15, 0.2) is 9.84 Å². The number of hydrogen-bond donors (Lipinski definition) is 1. The van der Waals surface area contributed by atoms with E-state index >= 15 is 0 Å². The molecule has 116 valence electrons. The fourth-order valence-electron chi connectivity index (χ4n) is 2.42. The predicted molar refractivity (Wildman–Crippen MR) is 78.3 cm³/mol. The van der Waals surface area contributed by atoms with Crippen LogP contribution in [0.1, 0.15) is 20.3 Å². The van der Waals surface area contributed by atoms with Crippen LogP contribution in [0.15, 0.2) is 23.1 Å². The average Bonchev–Trinajstić information content (AvgIpc) is 2.67. The number of para-hydroxylation sites is 1. The highest BCUT2D eigenvalue weighted by molar-refractivity contribution is 7.90. The second kappa shape index (κ2) is 5.27. The third-order valence-corrected chi connectivity index (χ3v) is 5.02. The Morgan fingerprint density at radius 3 is 2.62 bits per heavy atom. The number of nitrogens with one attached hydrogen (secondary N) is 1. The van der Waals surface area contributed by atoms with Crippen molar-refractivity contribution < 1.29 is 18.1 Å². The normalized spacial score (nSPS) is 25.8. The summed E-state index contributed by atoms with van der Waals surface area (Å²) in [4.78, 5) is 10.4. The lowest BCUT2D eigenvalue weighted by atomic mass is 9.94. The van der Waals surface area contributed by atoms with Crippen molar-refractivity contribution >= 4 is 21.2 Å². The number of anilines is 1. The standard InChI is InChI=1S/C13H18N2O5S/c1-9-13(2,7-8-20-9)14-10-5-4-6-11(21(3,18)19)12(10)15(16)17/h4-6,9,14H,7-8H2,1-3H3. The van der Waals surface area contributed by atoms with Crippen LogP contribution >= 0.6 is 0 Å². The first kappa shape index (κ1) is 15.7. The first-order valence-corrected chi connectivity index (χ1v) is 8.41. The summed E-state index contributed by atoms with van der Waals surface area (Å²) in [6.45, 7) is 4.35. The summed E-state index contributed by atoms with van der Waals surface area (Å²) in [5.74, 6) is 0. The third kappa shape index (κ3) is 3.01. The van der Waals surface area contributed by atoms with Gasteiger partial charge in [-0.15, -0.1) is 0 Å². The molecular weight excluding hydrogens is 296 g/mol. The number of nitro groups is 1. The molecule has 0 aliphatic carbocycles. The van der Waals surface area contributed by atoms with Crippen molar-refractivity contribution in [1.82, 2.24) is 0 Å². The van der Waals surface area contributed by atoms with Crippen molar-refractivity contribution in [2.75, 3.05) is 18.2 Å². The lowest BCUT2D eigenvalue weighted by Crippen LogP contribution is -2.41. The quantitative estimate of drug-likeness (QED) is 0.674. The van der Waals surface area contributed by atoms with Crippen LogP contribution < -0.4 is 5.32 Å². The Labute approximate surface area is 123 Å². The number of ether oxygens (including phenoxy) is 1. The molecule has 0 radical (unpaired) electrons. The molecule has 1 aromatic rings. The number of nitrogens with zero attached hydrogens (tertiary/aromatic N) is 1. The van der Waals surface area contributed by atoms with E-state index in [1.165, 1.54) is 18.2 Å². The Morgan fingerprint density at radius 2 is 2.14 bits per heavy atom.